The second-order valence-electron chi connectivity index (χ2n) is 7.25. The van der Waals surface area contributed by atoms with E-state index in [9.17, 15) is 13.2 Å². The Labute approximate surface area is 159 Å². The molecular weight excluding hydrogens is 364 g/mol. The first kappa shape index (κ1) is 19.3. The average molecular weight is 388 g/mol. The number of sulfonamides is 1. The second-order valence-corrected chi connectivity index (χ2v) is 9.00. The van der Waals surface area contributed by atoms with Crippen LogP contribution >= 0.6 is 0 Å². The van der Waals surface area contributed by atoms with Crippen molar-refractivity contribution in [2.45, 2.75) is 39.5 Å². The third-order valence-corrected chi connectivity index (χ3v) is 5.73. The Hall–Kier alpha value is -2.48. The first-order valence-electron chi connectivity index (χ1n) is 8.98. The molecule has 0 saturated carbocycles. The van der Waals surface area contributed by atoms with Crippen LogP contribution in [0.15, 0.2) is 40.0 Å². The number of hydrogen-bond acceptors (Lipinski definition) is 5. The SMILES string of the molecule is CC(C)c1cccc(C(C)C)c1NC(=O)C1=NC=CN2CCS(=O)(=O)N=C12. The van der Waals surface area contributed by atoms with Crippen molar-refractivity contribution < 1.29 is 13.2 Å². The van der Waals surface area contributed by atoms with Crippen LogP contribution in [-0.2, 0) is 14.8 Å². The fraction of sp³-hybridized carbons (Fsp3) is 0.421. The number of aliphatic imine (C=N–C) groups is 1. The third kappa shape index (κ3) is 3.95. The van der Waals surface area contributed by atoms with E-state index >= 15 is 0 Å². The van der Waals surface area contributed by atoms with E-state index in [2.05, 4.69) is 42.4 Å². The van der Waals surface area contributed by atoms with E-state index in [1.165, 1.54) is 6.20 Å². The summed E-state index contributed by atoms with van der Waals surface area (Å²) >= 11 is 0. The number of hydrogen-bond donors (Lipinski definition) is 1. The third-order valence-electron chi connectivity index (χ3n) is 4.58. The molecule has 0 atom stereocenters. The van der Waals surface area contributed by atoms with Gasteiger partial charge in [-0.05, 0) is 23.0 Å². The topological polar surface area (TPSA) is 91.2 Å². The predicted octanol–water partition coefficient (Wildman–Crippen LogP) is 2.84. The van der Waals surface area contributed by atoms with Crippen LogP contribution < -0.4 is 5.32 Å². The fourth-order valence-electron chi connectivity index (χ4n) is 3.15. The van der Waals surface area contributed by atoms with Crippen LogP contribution in [0.3, 0.4) is 0 Å². The molecule has 8 heteroatoms. The highest BCUT2D eigenvalue weighted by molar-refractivity contribution is 7.90. The predicted molar refractivity (Wildman–Crippen MR) is 108 cm³/mol. The quantitative estimate of drug-likeness (QED) is 0.859. The lowest BCUT2D eigenvalue weighted by molar-refractivity contribution is -0.110. The van der Waals surface area contributed by atoms with Crippen LogP contribution in [-0.4, -0.2) is 43.1 Å². The minimum atomic E-state index is -3.58. The van der Waals surface area contributed by atoms with E-state index in [0.717, 1.165) is 16.8 Å². The molecule has 7 nitrogen and oxygen atoms in total. The smallest absolute Gasteiger partial charge is 0.278 e. The Balaban J connectivity index is 2.00. The number of amides is 1. The normalized spacial score (nSPS) is 18.2. The van der Waals surface area contributed by atoms with Gasteiger partial charge < -0.3 is 10.2 Å². The maximum atomic E-state index is 13.0. The van der Waals surface area contributed by atoms with Crippen LogP contribution in [0, 0.1) is 0 Å². The van der Waals surface area contributed by atoms with E-state index < -0.39 is 15.9 Å². The van der Waals surface area contributed by atoms with Crippen molar-refractivity contribution in [1.82, 2.24) is 4.90 Å². The monoisotopic (exact) mass is 388 g/mol. The number of fused-ring (bicyclic) bond motifs is 1. The van der Waals surface area contributed by atoms with E-state index in [0.29, 0.717) is 0 Å². The van der Waals surface area contributed by atoms with Gasteiger partial charge in [0.25, 0.3) is 15.9 Å². The van der Waals surface area contributed by atoms with Gasteiger partial charge in [0.05, 0.1) is 5.75 Å². The molecule has 3 rings (SSSR count). The largest absolute Gasteiger partial charge is 0.328 e. The standard InChI is InChI=1S/C19H24N4O3S/c1-12(2)14-6-5-7-15(13(3)4)16(14)21-19(24)17-18-22-27(25,26)11-10-23(18)9-8-20-17/h5-9,12-13H,10-11H2,1-4H3,(H,21,24). The second kappa shape index (κ2) is 7.26. The molecule has 144 valence electrons. The van der Waals surface area contributed by atoms with Gasteiger partial charge in [-0.3, -0.25) is 4.79 Å². The zero-order valence-electron chi connectivity index (χ0n) is 15.9. The molecule has 0 saturated heterocycles. The number of carbonyl (C=O) groups excluding carboxylic acids is 1. The molecule has 0 spiro atoms. The molecule has 1 aromatic carbocycles. The number of benzene rings is 1. The van der Waals surface area contributed by atoms with E-state index in [-0.39, 0.29) is 35.7 Å². The minimum absolute atomic E-state index is 0.00837. The molecule has 0 aliphatic carbocycles. The number of carbonyl (C=O) groups is 1. The number of rotatable bonds is 4. The van der Waals surface area contributed by atoms with Crippen LogP contribution in [0.1, 0.15) is 50.7 Å². The summed E-state index contributed by atoms with van der Waals surface area (Å²) in [5, 5.41) is 2.97. The van der Waals surface area contributed by atoms with E-state index in [1.54, 1.807) is 11.1 Å². The lowest BCUT2D eigenvalue weighted by Crippen LogP contribution is -2.46. The van der Waals surface area contributed by atoms with Gasteiger partial charge in [0, 0.05) is 24.6 Å². The summed E-state index contributed by atoms with van der Waals surface area (Å²) in [5.74, 6) is -0.0274. The molecule has 2 aliphatic rings. The molecule has 0 bridgehead atoms. The molecule has 1 aromatic rings. The summed E-state index contributed by atoms with van der Waals surface area (Å²) in [6.45, 7) is 8.51. The Bertz CT molecular complexity index is 933. The molecule has 1 N–H and O–H groups in total. The summed E-state index contributed by atoms with van der Waals surface area (Å²) in [4.78, 5) is 18.8. The van der Waals surface area contributed by atoms with Gasteiger partial charge in [0.1, 0.15) is 0 Å². The maximum absolute atomic E-state index is 13.0. The Kier molecular flexibility index (Phi) is 5.19. The maximum Gasteiger partial charge on any atom is 0.278 e. The molecule has 0 fully saturated rings. The molecule has 2 aliphatic heterocycles. The van der Waals surface area contributed by atoms with Gasteiger partial charge >= 0.3 is 0 Å². The minimum Gasteiger partial charge on any atom is -0.328 e. The van der Waals surface area contributed by atoms with Crippen LogP contribution in [0.2, 0.25) is 0 Å². The zero-order valence-corrected chi connectivity index (χ0v) is 16.7. The number of amidine groups is 1. The number of nitrogens with zero attached hydrogens (tertiary/aromatic N) is 3. The first-order chi connectivity index (χ1) is 12.7. The molecular formula is C19H24N4O3S. The molecule has 0 radical (unpaired) electrons. The van der Waals surface area contributed by atoms with Gasteiger partial charge in [-0.15, -0.1) is 4.40 Å². The zero-order chi connectivity index (χ0) is 19.8. The van der Waals surface area contributed by atoms with Crippen LogP contribution in [0.25, 0.3) is 0 Å². The van der Waals surface area contributed by atoms with Crippen molar-refractivity contribution in [1.29, 1.82) is 0 Å². The van der Waals surface area contributed by atoms with E-state index in [1.807, 2.05) is 18.2 Å². The van der Waals surface area contributed by atoms with Crippen molar-refractivity contribution in [3.63, 3.8) is 0 Å². The summed E-state index contributed by atoms with van der Waals surface area (Å²) < 4.78 is 27.6. The van der Waals surface area contributed by atoms with Crippen molar-refractivity contribution in [2.24, 2.45) is 9.39 Å². The Morgan fingerprint density at radius 2 is 1.78 bits per heavy atom. The van der Waals surface area contributed by atoms with Crippen molar-refractivity contribution in [3.8, 4) is 0 Å². The molecule has 1 amide bonds. The Morgan fingerprint density at radius 3 is 2.37 bits per heavy atom. The lowest BCUT2D eigenvalue weighted by Gasteiger charge is -2.28. The molecule has 0 unspecified atom stereocenters. The number of nitrogens with one attached hydrogen (secondary N) is 1. The molecule has 27 heavy (non-hydrogen) atoms. The van der Waals surface area contributed by atoms with Crippen molar-refractivity contribution >= 4 is 33.2 Å². The van der Waals surface area contributed by atoms with Gasteiger partial charge in [-0.25, -0.2) is 13.4 Å². The highest BCUT2D eigenvalue weighted by Crippen LogP contribution is 2.32. The van der Waals surface area contributed by atoms with Crippen molar-refractivity contribution in [3.05, 3.63) is 41.7 Å². The van der Waals surface area contributed by atoms with E-state index in [4.69, 9.17) is 0 Å². The first-order valence-corrected chi connectivity index (χ1v) is 10.6. The van der Waals surface area contributed by atoms with Gasteiger partial charge in [-0.2, -0.15) is 0 Å². The van der Waals surface area contributed by atoms with Crippen molar-refractivity contribution in [2.75, 3.05) is 17.6 Å². The summed E-state index contributed by atoms with van der Waals surface area (Å²) in [6, 6.07) is 5.97. The number of anilines is 1. The van der Waals surface area contributed by atoms with Crippen LogP contribution in [0.4, 0.5) is 5.69 Å². The van der Waals surface area contributed by atoms with Crippen LogP contribution in [0.5, 0.6) is 0 Å². The molecule has 2 heterocycles. The highest BCUT2D eigenvalue weighted by Gasteiger charge is 2.32. The summed E-state index contributed by atoms with van der Waals surface area (Å²) in [5.41, 5.74) is 2.82. The molecule has 0 aromatic heterocycles. The summed E-state index contributed by atoms with van der Waals surface area (Å²) in [6.07, 6.45) is 3.12. The Morgan fingerprint density at radius 1 is 1.15 bits per heavy atom. The van der Waals surface area contributed by atoms with Gasteiger partial charge in [-0.1, -0.05) is 45.9 Å². The highest BCUT2D eigenvalue weighted by atomic mass is 32.2. The number of para-hydroxylation sites is 1. The fourth-order valence-corrected chi connectivity index (χ4v) is 4.12. The average Bonchev–Trinajstić information content (AvgIpc) is 2.60. The summed E-state index contributed by atoms with van der Waals surface area (Å²) in [7, 11) is -3.58. The van der Waals surface area contributed by atoms with Gasteiger partial charge in [0.15, 0.2) is 11.5 Å². The van der Waals surface area contributed by atoms with Gasteiger partial charge in [0.2, 0.25) is 0 Å². The lowest BCUT2D eigenvalue weighted by atomic mass is 9.92.